The highest BCUT2D eigenvalue weighted by Crippen LogP contribution is 2.23. The van der Waals surface area contributed by atoms with E-state index in [9.17, 15) is 9.59 Å². The molecule has 0 atom stereocenters. The molecule has 0 spiro atoms. The number of carbonyl (C=O) groups is 1. The lowest BCUT2D eigenvalue weighted by Crippen LogP contribution is -2.34. The Morgan fingerprint density at radius 2 is 2.33 bits per heavy atom. The summed E-state index contributed by atoms with van der Waals surface area (Å²) >= 11 is 0. The van der Waals surface area contributed by atoms with Crippen LogP contribution < -0.4 is 10.9 Å². The molecule has 0 unspecified atom stereocenters. The number of amides is 1. The Hall–Kier alpha value is -1.85. The third-order valence-electron chi connectivity index (χ3n) is 3.00. The Labute approximate surface area is 106 Å². The molecular weight excluding hydrogens is 232 g/mol. The quantitative estimate of drug-likeness (QED) is 0.816. The van der Waals surface area contributed by atoms with Crippen molar-refractivity contribution in [3.63, 3.8) is 0 Å². The molecule has 6 heteroatoms. The molecule has 6 nitrogen and oxygen atoms in total. The van der Waals surface area contributed by atoms with Crippen LogP contribution in [-0.4, -0.2) is 40.2 Å². The van der Waals surface area contributed by atoms with Crippen molar-refractivity contribution < 1.29 is 4.79 Å². The van der Waals surface area contributed by atoms with E-state index in [0.29, 0.717) is 12.6 Å². The van der Waals surface area contributed by atoms with Gasteiger partial charge in [0.05, 0.1) is 11.9 Å². The third kappa shape index (κ3) is 3.09. The average molecular weight is 250 g/mol. The minimum atomic E-state index is -0.251. The van der Waals surface area contributed by atoms with Crippen LogP contribution in [0.1, 0.15) is 19.8 Å². The van der Waals surface area contributed by atoms with Crippen LogP contribution in [0.4, 0.5) is 5.69 Å². The van der Waals surface area contributed by atoms with E-state index in [1.807, 2.05) is 6.92 Å². The number of hydrogen-bond donors (Lipinski definition) is 1. The zero-order valence-corrected chi connectivity index (χ0v) is 10.7. The smallest absolute Gasteiger partial charge is 0.269 e. The van der Waals surface area contributed by atoms with Gasteiger partial charge in [-0.05, 0) is 19.8 Å². The molecular formula is C12H18N4O2. The fraction of sp³-hybridized carbons (Fsp3) is 0.583. The van der Waals surface area contributed by atoms with Crippen molar-refractivity contribution in [1.82, 2.24) is 14.7 Å². The summed E-state index contributed by atoms with van der Waals surface area (Å²) in [5.41, 5.74) is 0.480. The summed E-state index contributed by atoms with van der Waals surface area (Å²) in [4.78, 5) is 25.0. The summed E-state index contributed by atoms with van der Waals surface area (Å²) in [7, 11) is 1.70. The van der Waals surface area contributed by atoms with E-state index >= 15 is 0 Å². The molecule has 1 N–H and O–H groups in total. The Kier molecular flexibility index (Phi) is 3.64. The minimum Gasteiger partial charge on any atom is -0.381 e. The lowest BCUT2D eigenvalue weighted by molar-refractivity contribution is -0.130. The van der Waals surface area contributed by atoms with Crippen LogP contribution in [0, 0.1) is 0 Å². The van der Waals surface area contributed by atoms with Crippen LogP contribution in [0.2, 0.25) is 0 Å². The van der Waals surface area contributed by atoms with Crippen molar-refractivity contribution in [2.45, 2.75) is 32.4 Å². The molecule has 1 fully saturated rings. The maximum absolute atomic E-state index is 11.8. The molecule has 1 aromatic rings. The van der Waals surface area contributed by atoms with Gasteiger partial charge >= 0.3 is 0 Å². The Bertz CT molecular complexity index is 493. The van der Waals surface area contributed by atoms with E-state index in [0.717, 1.165) is 18.5 Å². The number of rotatable bonds is 5. The third-order valence-corrected chi connectivity index (χ3v) is 3.00. The molecule has 1 saturated carbocycles. The number of anilines is 1. The SMILES string of the molecule is CCN(C)C(=O)Cn1ncc(NC2CC2)cc1=O. The molecule has 0 bridgehead atoms. The lowest BCUT2D eigenvalue weighted by atomic mass is 10.4. The summed E-state index contributed by atoms with van der Waals surface area (Å²) in [5.74, 6) is -0.116. The molecule has 0 aromatic carbocycles. The van der Waals surface area contributed by atoms with Gasteiger partial charge in [0, 0.05) is 25.7 Å². The topological polar surface area (TPSA) is 67.2 Å². The number of carbonyl (C=O) groups excluding carboxylic acids is 1. The van der Waals surface area contributed by atoms with Crippen molar-refractivity contribution in [2.75, 3.05) is 18.9 Å². The monoisotopic (exact) mass is 250 g/mol. The number of aromatic nitrogens is 2. The molecule has 0 radical (unpaired) electrons. The average Bonchev–Trinajstić information content (AvgIpc) is 3.15. The fourth-order valence-electron chi connectivity index (χ4n) is 1.52. The van der Waals surface area contributed by atoms with Crippen molar-refractivity contribution in [2.24, 2.45) is 0 Å². The van der Waals surface area contributed by atoms with Gasteiger partial charge in [0.25, 0.3) is 5.56 Å². The summed E-state index contributed by atoms with van der Waals surface area (Å²) < 4.78 is 1.19. The second-order valence-electron chi connectivity index (χ2n) is 4.57. The Morgan fingerprint density at radius 1 is 1.61 bits per heavy atom. The van der Waals surface area contributed by atoms with E-state index in [-0.39, 0.29) is 18.0 Å². The van der Waals surface area contributed by atoms with Gasteiger partial charge in [-0.25, -0.2) is 4.68 Å². The first kappa shape index (κ1) is 12.6. The number of likely N-dealkylation sites (N-methyl/N-ethyl adjacent to an activating group) is 1. The van der Waals surface area contributed by atoms with Crippen molar-refractivity contribution >= 4 is 11.6 Å². The van der Waals surface area contributed by atoms with E-state index < -0.39 is 0 Å². The number of hydrogen-bond acceptors (Lipinski definition) is 4. The van der Waals surface area contributed by atoms with Gasteiger partial charge < -0.3 is 10.2 Å². The highest BCUT2D eigenvalue weighted by molar-refractivity contribution is 5.75. The summed E-state index contributed by atoms with van der Waals surface area (Å²) in [6.45, 7) is 2.50. The van der Waals surface area contributed by atoms with Gasteiger partial charge in [0.15, 0.2) is 0 Å². The zero-order chi connectivity index (χ0) is 13.1. The first-order chi connectivity index (χ1) is 8.60. The Morgan fingerprint density at radius 3 is 2.89 bits per heavy atom. The highest BCUT2D eigenvalue weighted by atomic mass is 16.2. The summed E-state index contributed by atoms with van der Waals surface area (Å²) in [6, 6.07) is 1.97. The van der Waals surface area contributed by atoms with Crippen LogP contribution in [0.25, 0.3) is 0 Å². The normalized spacial score (nSPS) is 14.3. The van der Waals surface area contributed by atoms with E-state index in [2.05, 4.69) is 10.4 Å². The number of nitrogens with one attached hydrogen (secondary N) is 1. The molecule has 1 amide bonds. The maximum atomic E-state index is 11.8. The fourth-order valence-corrected chi connectivity index (χ4v) is 1.52. The van der Waals surface area contributed by atoms with Crippen molar-refractivity contribution in [3.05, 3.63) is 22.6 Å². The molecule has 1 heterocycles. The minimum absolute atomic E-state index is 0.00706. The van der Waals surface area contributed by atoms with E-state index in [1.165, 1.54) is 10.7 Å². The van der Waals surface area contributed by atoms with Gasteiger partial charge in [-0.15, -0.1) is 0 Å². The van der Waals surface area contributed by atoms with Crippen LogP contribution in [0.5, 0.6) is 0 Å². The van der Waals surface area contributed by atoms with Crippen molar-refractivity contribution in [1.29, 1.82) is 0 Å². The highest BCUT2D eigenvalue weighted by Gasteiger charge is 2.21. The van der Waals surface area contributed by atoms with E-state index in [4.69, 9.17) is 0 Å². The molecule has 1 aliphatic rings. The largest absolute Gasteiger partial charge is 0.381 e. The van der Waals surface area contributed by atoms with Crippen molar-refractivity contribution in [3.8, 4) is 0 Å². The van der Waals surface area contributed by atoms with Crippen LogP contribution >= 0.6 is 0 Å². The van der Waals surface area contributed by atoms with Crippen LogP contribution in [0.15, 0.2) is 17.1 Å². The zero-order valence-electron chi connectivity index (χ0n) is 10.7. The first-order valence-electron chi connectivity index (χ1n) is 6.18. The molecule has 1 aromatic heterocycles. The second kappa shape index (κ2) is 5.20. The summed E-state index contributed by atoms with van der Waals surface area (Å²) in [6.07, 6.45) is 3.88. The maximum Gasteiger partial charge on any atom is 0.269 e. The predicted molar refractivity (Wildman–Crippen MR) is 68.5 cm³/mol. The van der Waals surface area contributed by atoms with Gasteiger partial charge in [0.2, 0.25) is 5.91 Å². The van der Waals surface area contributed by atoms with Gasteiger partial charge in [-0.1, -0.05) is 0 Å². The first-order valence-corrected chi connectivity index (χ1v) is 6.18. The predicted octanol–water partition coefficient (Wildman–Crippen LogP) is 0.296. The van der Waals surface area contributed by atoms with E-state index in [1.54, 1.807) is 18.1 Å². The molecule has 0 aliphatic heterocycles. The lowest BCUT2D eigenvalue weighted by Gasteiger charge is -2.14. The molecule has 0 saturated heterocycles. The van der Waals surface area contributed by atoms with Gasteiger partial charge in [-0.2, -0.15) is 5.10 Å². The Balaban J connectivity index is 2.04. The summed E-state index contributed by atoms with van der Waals surface area (Å²) in [5, 5.41) is 7.21. The van der Waals surface area contributed by atoms with Gasteiger partial charge in [0.1, 0.15) is 6.54 Å². The van der Waals surface area contributed by atoms with Gasteiger partial charge in [-0.3, -0.25) is 9.59 Å². The molecule has 18 heavy (non-hydrogen) atoms. The molecule has 98 valence electrons. The molecule has 1 aliphatic carbocycles. The second-order valence-corrected chi connectivity index (χ2v) is 4.57. The van der Waals surface area contributed by atoms with Crippen LogP contribution in [-0.2, 0) is 11.3 Å². The van der Waals surface area contributed by atoms with Crippen LogP contribution in [0.3, 0.4) is 0 Å². The standard InChI is InChI=1S/C12H18N4O2/c1-3-15(2)12(18)8-16-11(17)6-10(7-13-16)14-9-4-5-9/h6-7,9,14H,3-5,8H2,1-2H3. The number of nitrogens with zero attached hydrogens (tertiary/aromatic N) is 3. The molecule has 2 rings (SSSR count).